The van der Waals surface area contributed by atoms with E-state index >= 15 is 0 Å². The van der Waals surface area contributed by atoms with Gasteiger partial charge in [0.05, 0.1) is 18.4 Å². The highest BCUT2D eigenvalue weighted by Crippen LogP contribution is 2.32. The van der Waals surface area contributed by atoms with E-state index in [0.717, 1.165) is 12.3 Å². The van der Waals surface area contributed by atoms with Gasteiger partial charge in [-0.1, -0.05) is 5.92 Å². The summed E-state index contributed by atoms with van der Waals surface area (Å²) in [5.74, 6) is 3.97. The Labute approximate surface area is 210 Å². The first-order chi connectivity index (χ1) is 17.6. The molecule has 14 heteroatoms. The number of amides is 2. The lowest BCUT2D eigenvalue weighted by Crippen LogP contribution is -2.41. The second-order valence-electron chi connectivity index (χ2n) is 8.50. The molecule has 37 heavy (non-hydrogen) atoms. The summed E-state index contributed by atoms with van der Waals surface area (Å²) in [5, 5.41) is 23.1. The minimum atomic E-state index is -1.48. The number of halogens is 1. The minimum absolute atomic E-state index is 0.0121. The van der Waals surface area contributed by atoms with Crippen LogP contribution in [0.25, 0.3) is 11.2 Å². The molecule has 1 aliphatic heterocycles. The van der Waals surface area contributed by atoms with Gasteiger partial charge in [0.1, 0.15) is 17.7 Å². The number of fused-ring (bicyclic) bond motifs is 1. The lowest BCUT2D eigenvalue weighted by Gasteiger charge is -2.24. The van der Waals surface area contributed by atoms with Crippen molar-refractivity contribution in [2.75, 3.05) is 19.3 Å². The fourth-order valence-electron chi connectivity index (χ4n) is 3.79. The lowest BCUT2D eigenvalue weighted by molar-refractivity contribution is -0.137. The molecule has 4 rings (SSSR count). The van der Waals surface area contributed by atoms with Crippen LogP contribution in [-0.4, -0.2) is 89.4 Å². The molecule has 13 nitrogen and oxygen atoms in total. The maximum Gasteiger partial charge on any atom is 0.256 e. The third-order valence-electron chi connectivity index (χ3n) is 5.77. The molecule has 1 fully saturated rings. The fraction of sp³-hybridized carbons (Fsp3) is 0.391. The van der Waals surface area contributed by atoms with Crippen molar-refractivity contribution in [3.8, 4) is 11.8 Å². The topological polar surface area (TPSA) is 182 Å². The summed E-state index contributed by atoms with van der Waals surface area (Å²) in [7, 11) is 1.38. The number of anilines is 1. The molecule has 1 saturated heterocycles. The van der Waals surface area contributed by atoms with Crippen molar-refractivity contribution in [2.45, 2.75) is 44.4 Å². The first kappa shape index (κ1) is 25.9. The van der Waals surface area contributed by atoms with Gasteiger partial charge in [0.25, 0.3) is 11.8 Å². The average Bonchev–Trinajstić information content (AvgIpc) is 3.42. The molecule has 3 aromatic rings. The second-order valence-corrected chi connectivity index (χ2v) is 8.50. The van der Waals surface area contributed by atoms with Crippen molar-refractivity contribution in [1.82, 2.24) is 34.7 Å². The highest BCUT2D eigenvalue weighted by atomic mass is 19.1. The molecule has 3 aromatic heterocycles. The molecule has 0 aromatic carbocycles. The van der Waals surface area contributed by atoms with Gasteiger partial charge in [-0.3, -0.25) is 14.2 Å². The van der Waals surface area contributed by atoms with Crippen molar-refractivity contribution in [2.24, 2.45) is 0 Å². The zero-order valence-electron chi connectivity index (χ0n) is 20.2. The zero-order valence-corrected chi connectivity index (χ0v) is 20.2. The van der Waals surface area contributed by atoms with Gasteiger partial charge in [0.15, 0.2) is 23.8 Å². The van der Waals surface area contributed by atoms with Gasteiger partial charge in [-0.2, -0.15) is 4.39 Å². The zero-order chi connectivity index (χ0) is 26.9. The van der Waals surface area contributed by atoms with Crippen LogP contribution in [0.3, 0.4) is 0 Å². The number of pyridine rings is 1. The number of aliphatic hydroxyl groups excluding tert-OH is 2. The molecule has 194 valence electrons. The number of nitrogen functional groups attached to an aromatic ring is 1. The average molecular weight is 513 g/mol. The number of carbonyl (C=O) groups excluding carboxylic acids is 2. The summed E-state index contributed by atoms with van der Waals surface area (Å²) in [4.78, 5) is 42.4. The Morgan fingerprint density at radius 2 is 2.03 bits per heavy atom. The summed E-state index contributed by atoms with van der Waals surface area (Å²) in [6.07, 6.45) is -2.93. The van der Waals surface area contributed by atoms with Gasteiger partial charge in [-0.15, -0.1) is 0 Å². The van der Waals surface area contributed by atoms with Crippen LogP contribution in [0.15, 0.2) is 24.7 Å². The molecular formula is C23H25FN8O5. The number of aliphatic hydroxyl groups is 2. The number of hydrogen-bond acceptors (Lipinski definition) is 10. The number of likely N-dealkylation sites (N-methyl/N-ethyl adjacent to an activating group) is 1. The third-order valence-corrected chi connectivity index (χ3v) is 5.77. The number of rotatable bonds is 5. The molecule has 2 unspecified atom stereocenters. The Morgan fingerprint density at radius 3 is 2.68 bits per heavy atom. The maximum atomic E-state index is 13.1. The molecule has 4 heterocycles. The van der Waals surface area contributed by atoms with Crippen LogP contribution in [0, 0.1) is 17.8 Å². The van der Waals surface area contributed by atoms with Gasteiger partial charge in [-0.05, 0) is 31.9 Å². The SMILES string of the molecule is CNC(=O)C1OC(n2cnc3c(N)nc(C#CCN(C(=O)c4ccc(F)nc4)C(C)C)nc32)[C@H](O)[C@@H]1O. The summed E-state index contributed by atoms with van der Waals surface area (Å²) in [6, 6.07) is 2.23. The first-order valence-electron chi connectivity index (χ1n) is 11.3. The Bertz CT molecular complexity index is 1380. The molecule has 0 radical (unpaired) electrons. The second kappa shape index (κ2) is 10.4. The monoisotopic (exact) mass is 512 g/mol. The molecular weight excluding hydrogens is 487 g/mol. The van der Waals surface area contributed by atoms with Crippen LogP contribution in [0.5, 0.6) is 0 Å². The van der Waals surface area contributed by atoms with E-state index in [-0.39, 0.29) is 46.9 Å². The van der Waals surface area contributed by atoms with Gasteiger partial charge >= 0.3 is 0 Å². The predicted molar refractivity (Wildman–Crippen MR) is 127 cm³/mol. The Morgan fingerprint density at radius 1 is 1.27 bits per heavy atom. The van der Waals surface area contributed by atoms with E-state index in [2.05, 4.69) is 37.1 Å². The standard InChI is InChI=1S/C23H25FN8O5/c1-11(2)31(22(36)12-6-7-13(24)27-9-12)8-4-5-14-29-19(25)15-20(30-14)32(10-28-15)23-17(34)16(33)18(37-23)21(35)26-3/h6-7,9-11,16-18,23,33-34H,8H2,1-3H3,(H,26,35)(H2,25,29,30)/t16-,17+,18?,23?/m0/s1. The van der Waals surface area contributed by atoms with Crippen LogP contribution in [0.1, 0.15) is 36.3 Å². The highest BCUT2D eigenvalue weighted by molar-refractivity contribution is 5.94. The molecule has 4 atom stereocenters. The third kappa shape index (κ3) is 5.05. The number of aromatic nitrogens is 5. The Hall–Kier alpha value is -4.19. The molecule has 5 N–H and O–H groups in total. The Kier molecular flexibility index (Phi) is 7.30. The van der Waals surface area contributed by atoms with Crippen molar-refractivity contribution in [3.05, 3.63) is 42.0 Å². The van der Waals surface area contributed by atoms with E-state index in [1.807, 2.05) is 13.8 Å². The summed E-state index contributed by atoms with van der Waals surface area (Å²) < 4.78 is 20.0. The number of imidazole rings is 1. The summed E-state index contributed by atoms with van der Waals surface area (Å²) in [6.45, 7) is 3.63. The Balaban J connectivity index is 1.60. The van der Waals surface area contributed by atoms with Crippen LogP contribution in [0.4, 0.5) is 10.2 Å². The largest absolute Gasteiger partial charge is 0.387 e. The molecule has 2 amide bonds. The number of carbonyl (C=O) groups is 2. The van der Waals surface area contributed by atoms with E-state index < -0.39 is 36.4 Å². The van der Waals surface area contributed by atoms with Crippen molar-refractivity contribution < 1.29 is 28.9 Å². The van der Waals surface area contributed by atoms with Gasteiger partial charge in [-0.25, -0.2) is 19.9 Å². The summed E-state index contributed by atoms with van der Waals surface area (Å²) in [5.41, 5.74) is 6.62. The van der Waals surface area contributed by atoms with Crippen LogP contribution in [-0.2, 0) is 9.53 Å². The van der Waals surface area contributed by atoms with E-state index in [4.69, 9.17) is 10.5 Å². The van der Waals surface area contributed by atoms with Gasteiger partial charge in [0, 0.05) is 19.3 Å². The number of nitrogens with zero attached hydrogens (tertiary/aromatic N) is 6. The van der Waals surface area contributed by atoms with E-state index in [1.54, 1.807) is 0 Å². The van der Waals surface area contributed by atoms with Gasteiger partial charge in [0.2, 0.25) is 11.8 Å². The first-order valence-corrected chi connectivity index (χ1v) is 11.3. The van der Waals surface area contributed by atoms with E-state index in [1.165, 1.54) is 28.9 Å². The van der Waals surface area contributed by atoms with Crippen LogP contribution < -0.4 is 11.1 Å². The maximum absolute atomic E-state index is 13.1. The van der Waals surface area contributed by atoms with Gasteiger partial charge < -0.3 is 30.9 Å². The smallest absolute Gasteiger partial charge is 0.256 e. The normalized spacial score (nSPS) is 21.1. The number of hydrogen-bond donors (Lipinski definition) is 4. The quantitative estimate of drug-likeness (QED) is 0.250. The predicted octanol–water partition coefficient (Wildman–Crippen LogP) is -0.790. The molecule has 1 aliphatic rings. The summed E-state index contributed by atoms with van der Waals surface area (Å²) >= 11 is 0. The number of ether oxygens (including phenoxy) is 1. The molecule has 0 spiro atoms. The molecule has 0 aliphatic carbocycles. The van der Waals surface area contributed by atoms with E-state index in [0.29, 0.717) is 0 Å². The lowest BCUT2D eigenvalue weighted by atomic mass is 10.1. The van der Waals surface area contributed by atoms with Crippen molar-refractivity contribution in [3.63, 3.8) is 0 Å². The van der Waals surface area contributed by atoms with Crippen molar-refractivity contribution >= 4 is 28.8 Å². The highest BCUT2D eigenvalue weighted by Gasteiger charge is 2.47. The molecule has 0 saturated carbocycles. The van der Waals surface area contributed by atoms with Crippen molar-refractivity contribution in [1.29, 1.82) is 0 Å². The van der Waals surface area contributed by atoms with Crippen LogP contribution in [0.2, 0.25) is 0 Å². The van der Waals surface area contributed by atoms with Crippen LogP contribution >= 0.6 is 0 Å². The number of nitrogens with one attached hydrogen (secondary N) is 1. The fourth-order valence-corrected chi connectivity index (χ4v) is 3.79. The minimum Gasteiger partial charge on any atom is -0.387 e. The molecule has 0 bridgehead atoms. The van der Waals surface area contributed by atoms with E-state index in [9.17, 15) is 24.2 Å². The number of nitrogens with two attached hydrogens (primary N) is 1.